The molecule has 0 saturated heterocycles. The van der Waals surface area contributed by atoms with Gasteiger partial charge in [0.2, 0.25) is 0 Å². The zero-order valence-corrected chi connectivity index (χ0v) is 19.0. The van der Waals surface area contributed by atoms with Crippen molar-refractivity contribution in [3.63, 3.8) is 0 Å². The maximum atomic E-state index is 3.84. The number of aryl methyl sites for hydroxylation is 1. The number of rotatable bonds is 3. The molecule has 1 heterocycles. The standard InChI is InChI=1S/C31H29N/c1-21-10-6-7-13-26(21)30-22(2)16-19-29-31(30)27-14-8-9-15-28(27)32(29)25-18-17-24(20-25)23-11-4-3-5-12-23/h3-8,10-14H,9,15-19H2,1-2H3. The molecule has 0 amide bonds. The molecule has 32 heavy (non-hydrogen) atoms. The Morgan fingerprint density at radius 1 is 0.781 bits per heavy atom. The molecule has 1 heteroatoms. The fourth-order valence-electron chi connectivity index (χ4n) is 5.81. The summed E-state index contributed by atoms with van der Waals surface area (Å²) in [4.78, 5) is 0. The van der Waals surface area contributed by atoms with Crippen molar-refractivity contribution in [2.24, 2.45) is 0 Å². The molecule has 0 bridgehead atoms. The van der Waals surface area contributed by atoms with Gasteiger partial charge in [-0.05, 0) is 68.2 Å². The van der Waals surface area contributed by atoms with E-state index < -0.39 is 0 Å². The Balaban J connectivity index is 1.60. The molecule has 0 radical (unpaired) electrons. The van der Waals surface area contributed by atoms with Crippen molar-refractivity contribution in [1.29, 1.82) is 0 Å². The zero-order valence-electron chi connectivity index (χ0n) is 19.0. The van der Waals surface area contributed by atoms with Crippen LogP contribution in [0.3, 0.4) is 0 Å². The van der Waals surface area contributed by atoms with E-state index in [1.807, 2.05) is 0 Å². The van der Waals surface area contributed by atoms with Gasteiger partial charge in [0.15, 0.2) is 0 Å². The molecule has 0 unspecified atom stereocenters. The molecule has 6 rings (SSSR count). The molecule has 158 valence electrons. The number of aromatic nitrogens is 1. The topological polar surface area (TPSA) is 4.93 Å². The Bertz CT molecular complexity index is 1350. The number of fused-ring (bicyclic) bond motifs is 3. The Labute approximate surface area is 191 Å². The van der Waals surface area contributed by atoms with Crippen molar-refractivity contribution < 1.29 is 0 Å². The van der Waals surface area contributed by atoms with Gasteiger partial charge in [0.05, 0.1) is 5.70 Å². The van der Waals surface area contributed by atoms with Crippen LogP contribution in [0.2, 0.25) is 0 Å². The van der Waals surface area contributed by atoms with Crippen LogP contribution in [0.15, 0.2) is 72.0 Å². The molecular weight excluding hydrogens is 386 g/mol. The van der Waals surface area contributed by atoms with Crippen LogP contribution in [0.1, 0.15) is 71.8 Å². The van der Waals surface area contributed by atoms with Crippen LogP contribution in [0.4, 0.5) is 0 Å². The smallest absolute Gasteiger partial charge is 0.0656 e. The summed E-state index contributed by atoms with van der Waals surface area (Å²) in [6.45, 7) is 4.58. The maximum Gasteiger partial charge on any atom is 0.0656 e. The van der Waals surface area contributed by atoms with Gasteiger partial charge >= 0.3 is 0 Å². The Morgan fingerprint density at radius 3 is 2.44 bits per heavy atom. The summed E-state index contributed by atoms with van der Waals surface area (Å²) >= 11 is 0. The van der Waals surface area contributed by atoms with Crippen LogP contribution in [-0.2, 0) is 12.8 Å². The van der Waals surface area contributed by atoms with E-state index in [-0.39, 0.29) is 0 Å². The lowest BCUT2D eigenvalue weighted by molar-refractivity contribution is 0.793. The molecule has 0 saturated carbocycles. The normalized spacial score (nSPS) is 17.2. The van der Waals surface area contributed by atoms with Gasteiger partial charge in [0.1, 0.15) is 0 Å². The molecule has 0 spiro atoms. The van der Waals surface area contributed by atoms with Crippen molar-refractivity contribution in [2.45, 2.75) is 52.4 Å². The van der Waals surface area contributed by atoms with Gasteiger partial charge in [-0.2, -0.15) is 0 Å². The first-order valence-electron chi connectivity index (χ1n) is 12.0. The van der Waals surface area contributed by atoms with Gasteiger partial charge in [0.25, 0.3) is 0 Å². The summed E-state index contributed by atoms with van der Waals surface area (Å²) in [7, 11) is 0. The summed E-state index contributed by atoms with van der Waals surface area (Å²) in [5, 5.41) is 0. The van der Waals surface area contributed by atoms with Crippen LogP contribution in [0.5, 0.6) is 0 Å². The molecule has 1 nitrogen and oxygen atoms in total. The highest BCUT2D eigenvalue weighted by Crippen LogP contribution is 2.45. The quantitative estimate of drug-likeness (QED) is 0.384. The molecule has 0 N–H and O–H groups in total. The average Bonchev–Trinajstić information content (AvgIpc) is 3.43. The van der Waals surface area contributed by atoms with Gasteiger partial charge in [0, 0.05) is 34.5 Å². The molecule has 2 aromatic carbocycles. The van der Waals surface area contributed by atoms with Gasteiger partial charge in [-0.3, -0.25) is 0 Å². The van der Waals surface area contributed by atoms with Crippen LogP contribution in [-0.4, -0.2) is 4.57 Å². The highest BCUT2D eigenvalue weighted by molar-refractivity contribution is 5.92. The lowest BCUT2D eigenvalue weighted by Gasteiger charge is -2.23. The number of hydrogen-bond acceptors (Lipinski definition) is 0. The van der Waals surface area contributed by atoms with E-state index in [4.69, 9.17) is 0 Å². The first kappa shape index (κ1) is 19.4. The number of benzene rings is 2. The molecule has 1 aromatic heterocycles. The van der Waals surface area contributed by atoms with Gasteiger partial charge in [-0.25, -0.2) is 0 Å². The second-order valence-corrected chi connectivity index (χ2v) is 9.35. The van der Waals surface area contributed by atoms with Crippen molar-refractivity contribution in [3.05, 3.63) is 111 Å². The predicted molar refractivity (Wildman–Crippen MR) is 135 cm³/mol. The zero-order chi connectivity index (χ0) is 21.7. The van der Waals surface area contributed by atoms with E-state index in [2.05, 4.69) is 90.9 Å². The molecule has 3 aliphatic rings. The third-order valence-electron chi connectivity index (χ3n) is 7.37. The van der Waals surface area contributed by atoms with Gasteiger partial charge in [-0.15, -0.1) is 0 Å². The molecule has 3 aliphatic carbocycles. The van der Waals surface area contributed by atoms with Crippen molar-refractivity contribution in [2.75, 3.05) is 0 Å². The van der Waals surface area contributed by atoms with Crippen LogP contribution < -0.4 is 0 Å². The lowest BCUT2D eigenvalue weighted by Crippen LogP contribution is -2.10. The minimum Gasteiger partial charge on any atom is -0.313 e. The third kappa shape index (κ3) is 3.00. The van der Waals surface area contributed by atoms with Gasteiger partial charge in [-0.1, -0.05) is 78.1 Å². The van der Waals surface area contributed by atoms with Crippen LogP contribution in [0.25, 0.3) is 22.9 Å². The first-order chi connectivity index (χ1) is 15.7. The highest BCUT2D eigenvalue weighted by atomic mass is 15.0. The summed E-state index contributed by atoms with van der Waals surface area (Å²) in [6, 6.07) is 19.7. The largest absolute Gasteiger partial charge is 0.313 e. The molecule has 0 atom stereocenters. The maximum absolute atomic E-state index is 3.84. The molecule has 3 aromatic rings. The van der Waals surface area contributed by atoms with Crippen molar-refractivity contribution in [3.8, 4) is 0 Å². The number of allylic oxidation sites excluding steroid dienone is 3. The van der Waals surface area contributed by atoms with E-state index in [0.29, 0.717) is 0 Å². The summed E-state index contributed by atoms with van der Waals surface area (Å²) in [5.74, 6) is 0. The Hall–Kier alpha value is -3.28. The lowest BCUT2D eigenvalue weighted by atomic mass is 9.82. The fraction of sp³-hybridized carbons (Fsp3) is 0.258. The first-order valence-corrected chi connectivity index (χ1v) is 12.0. The summed E-state index contributed by atoms with van der Waals surface area (Å²) < 4.78 is 2.62. The Morgan fingerprint density at radius 2 is 1.59 bits per heavy atom. The summed E-state index contributed by atoms with van der Waals surface area (Å²) in [6.07, 6.45) is 11.4. The SMILES string of the molecule is CC1=C(c2ccccc2C)c2c3c(n(C4=C=C(c5ccccc5)CC4)c2CC1)CCC=C3. The second-order valence-electron chi connectivity index (χ2n) is 9.35. The van der Waals surface area contributed by atoms with E-state index in [1.165, 1.54) is 61.6 Å². The van der Waals surface area contributed by atoms with E-state index in [9.17, 15) is 0 Å². The average molecular weight is 416 g/mol. The molecule has 0 aliphatic heterocycles. The van der Waals surface area contributed by atoms with E-state index in [1.54, 1.807) is 0 Å². The van der Waals surface area contributed by atoms with Crippen molar-refractivity contribution >= 4 is 22.9 Å². The third-order valence-corrected chi connectivity index (χ3v) is 7.37. The molecule has 0 fully saturated rings. The van der Waals surface area contributed by atoms with E-state index >= 15 is 0 Å². The van der Waals surface area contributed by atoms with Crippen molar-refractivity contribution in [1.82, 2.24) is 4.57 Å². The van der Waals surface area contributed by atoms with Crippen LogP contribution in [0, 0.1) is 6.92 Å². The molecular formula is C31H29N. The second kappa shape index (κ2) is 7.69. The number of hydrogen-bond donors (Lipinski definition) is 0. The minimum absolute atomic E-state index is 1.07. The number of nitrogens with zero attached hydrogens (tertiary/aromatic N) is 1. The minimum atomic E-state index is 1.07. The highest BCUT2D eigenvalue weighted by Gasteiger charge is 2.31. The monoisotopic (exact) mass is 415 g/mol. The van der Waals surface area contributed by atoms with Crippen LogP contribution >= 0.6 is 0 Å². The Kier molecular flexibility index (Phi) is 4.67. The van der Waals surface area contributed by atoms with E-state index in [0.717, 1.165) is 38.5 Å². The fourth-order valence-corrected chi connectivity index (χ4v) is 5.81. The van der Waals surface area contributed by atoms with Gasteiger partial charge < -0.3 is 4.57 Å². The summed E-state index contributed by atoms with van der Waals surface area (Å²) in [5.41, 5.74) is 19.5. The predicted octanol–water partition coefficient (Wildman–Crippen LogP) is 7.84.